The fourth-order valence-corrected chi connectivity index (χ4v) is 3.39. The zero-order chi connectivity index (χ0) is 22.8. The van der Waals surface area contributed by atoms with Crippen LogP contribution in [-0.2, 0) is 17.8 Å². The van der Waals surface area contributed by atoms with E-state index in [1.807, 2.05) is 31.2 Å². The minimum Gasteiger partial charge on any atom is -0.493 e. The Morgan fingerprint density at radius 2 is 1.91 bits per heavy atom. The lowest BCUT2D eigenvalue weighted by Gasteiger charge is -2.14. The first-order chi connectivity index (χ1) is 15.6. The number of guanidine groups is 1. The molecule has 1 amide bonds. The highest BCUT2D eigenvalue weighted by Crippen LogP contribution is 2.28. The quantitative estimate of drug-likeness (QED) is 0.172. The van der Waals surface area contributed by atoms with Crippen molar-refractivity contribution in [3.05, 3.63) is 59.8 Å². The topological polar surface area (TPSA) is 99.8 Å². The molecule has 178 valence electrons. The summed E-state index contributed by atoms with van der Waals surface area (Å²) in [6.45, 7) is 3.72. The van der Waals surface area contributed by atoms with Gasteiger partial charge in [0.05, 0.1) is 7.11 Å². The number of likely N-dealkylation sites (N-methyl/N-ethyl adjacent to an activating group) is 1. The van der Waals surface area contributed by atoms with Crippen molar-refractivity contribution in [2.75, 3.05) is 33.9 Å². The fourth-order valence-electron chi connectivity index (χ4n) is 3.39. The molecule has 1 aromatic heterocycles. The molecule has 4 N–H and O–H groups in total. The smallest absolute Gasteiger partial charge is 0.257 e. The molecule has 0 aliphatic rings. The standard InChI is InChI=1S/C24H31N5O3.HI/c1-4-26-23(30)16-32-21-10-9-17(13-22(21)31-3)14-29-24(25-2)27-12-11-18-15-28-20-8-6-5-7-19(18)20;/h5-10,13,15,28H,4,11-12,14,16H2,1-3H3,(H,26,30)(H2,25,27,29);1H. The van der Waals surface area contributed by atoms with E-state index in [2.05, 4.69) is 50.3 Å². The molecule has 8 nitrogen and oxygen atoms in total. The molecule has 0 spiro atoms. The molecule has 0 fully saturated rings. The van der Waals surface area contributed by atoms with E-state index in [1.54, 1.807) is 14.2 Å². The molecule has 0 bridgehead atoms. The van der Waals surface area contributed by atoms with E-state index in [0.29, 0.717) is 24.6 Å². The first kappa shape index (κ1) is 26.3. The molecule has 0 unspecified atom stereocenters. The van der Waals surface area contributed by atoms with E-state index in [0.717, 1.165) is 30.0 Å². The number of halogens is 1. The summed E-state index contributed by atoms with van der Waals surface area (Å²) in [4.78, 5) is 19.2. The summed E-state index contributed by atoms with van der Waals surface area (Å²) in [5.74, 6) is 1.67. The van der Waals surface area contributed by atoms with Crippen LogP contribution in [0.1, 0.15) is 18.1 Å². The van der Waals surface area contributed by atoms with Crippen LogP contribution in [0.5, 0.6) is 11.5 Å². The Morgan fingerprint density at radius 3 is 2.67 bits per heavy atom. The average molecular weight is 565 g/mol. The van der Waals surface area contributed by atoms with E-state index in [4.69, 9.17) is 9.47 Å². The number of H-pyrrole nitrogens is 1. The van der Waals surface area contributed by atoms with Gasteiger partial charge in [-0.15, -0.1) is 24.0 Å². The Balaban J connectivity index is 0.00000385. The number of aliphatic imine (C=N–C) groups is 1. The highest BCUT2D eigenvalue weighted by molar-refractivity contribution is 14.0. The van der Waals surface area contributed by atoms with Crippen molar-refractivity contribution in [2.24, 2.45) is 4.99 Å². The molecule has 9 heteroatoms. The number of amides is 1. The van der Waals surface area contributed by atoms with Crippen molar-refractivity contribution in [3.63, 3.8) is 0 Å². The largest absolute Gasteiger partial charge is 0.493 e. The Labute approximate surface area is 211 Å². The molecule has 33 heavy (non-hydrogen) atoms. The van der Waals surface area contributed by atoms with Gasteiger partial charge >= 0.3 is 0 Å². The number of aromatic amines is 1. The van der Waals surface area contributed by atoms with Crippen LogP contribution in [-0.4, -0.2) is 50.7 Å². The van der Waals surface area contributed by atoms with Crippen LogP contribution in [0.15, 0.2) is 53.7 Å². The number of carbonyl (C=O) groups is 1. The number of methoxy groups -OCH3 is 1. The van der Waals surface area contributed by atoms with Crippen molar-refractivity contribution >= 4 is 46.7 Å². The number of benzene rings is 2. The van der Waals surface area contributed by atoms with Gasteiger partial charge in [-0.05, 0) is 42.7 Å². The van der Waals surface area contributed by atoms with Crippen LogP contribution in [0.2, 0.25) is 0 Å². The molecule has 0 aliphatic carbocycles. The van der Waals surface area contributed by atoms with Crippen molar-refractivity contribution in [1.82, 2.24) is 20.9 Å². The predicted molar refractivity (Wildman–Crippen MR) is 143 cm³/mol. The van der Waals surface area contributed by atoms with Gasteiger partial charge < -0.3 is 30.4 Å². The Morgan fingerprint density at radius 1 is 1.09 bits per heavy atom. The molecule has 2 aromatic carbocycles. The zero-order valence-electron chi connectivity index (χ0n) is 19.2. The van der Waals surface area contributed by atoms with Crippen molar-refractivity contribution < 1.29 is 14.3 Å². The molecule has 0 atom stereocenters. The number of nitrogens with zero attached hydrogens (tertiary/aromatic N) is 1. The lowest BCUT2D eigenvalue weighted by molar-refractivity contribution is -0.123. The van der Waals surface area contributed by atoms with E-state index in [-0.39, 0.29) is 36.5 Å². The normalized spacial score (nSPS) is 10.9. The third-order valence-electron chi connectivity index (χ3n) is 5.01. The summed E-state index contributed by atoms with van der Waals surface area (Å²) in [7, 11) is 3.33. The summed E-state index contributed by atoms with van der Waals surface area (Å²) in [6.07, 6.45) is 2.94. The van der Waals surface area contributed by atoms with Gasteiger partial charge in [0.1, 0.15) is 0 Å². The van der Waals surface area contributed by atoms with Gasteiger partial charge in [-0.2, -0.15) is 0 Å². The number of carbonyl (C=O) groups excluding carboxylic acids is 1. The van der Waals surface area contributed by atoms with Crippen molar-refractivity contribution in [2.45, 2.75) is 19.9 Å². The number of rotatable bonds is 10. The van der Waals surface area contributed by atoms with Crippen LogP contribution in [0.25, 0.3) is 10.9 Å². The second kappa shape index (κ2) is 13.6. The highest BCUT2D eigenvalue weighted by atomic mass is 127. The van der Waals surface area contributed by atoms with Crippen LogP contribution in [0.4, 0.5) is 0 Å². The van der Waals surface area contributed by atoms with Gasteiger partial charge in [-0.1, -0.05) is 24.3 Å². The molecule has 0 saturated carbocycles. The van der Waals surface area contributed by atoms with Gasteiger partial charge in [0.25, 0.3) is 5.91 Å². The lowest BCUT2D eigenvalue weighted by atomic mass is 10.1. The summed E-state index contributed by atoms with van der Waals surface area (Å²) in [5, 5.41) is 10.6. The van der Waals surface area contributed by atoms with Crippen LogP contribution >= 0.6 is 24.0 Å². The number of aromatic nitrogens is 1. The number of ether oxygens (including phenoxy) is 2. The predicted octanol–water partition coefficient (Wildman–Crippen LogP) is 3.22. The van der Waals surface area contributed by atoms with Crippen LogP contribution in [0, 0.1) is 0 Å². The Kier molecular flexibility index (Phi) is 10.8. The Hall–Kier alpha value is -2.95. The van der Waals surface area contributed by atoms with Gasteiger partial charge in [0.2, 0.25) is 0 Å². The molecule has 1 heterocycles. The zero-order valence-corrected chi connectivity index (χ0v) is 21.6. The second-order valence-corrected chi connectivity index (χ2v) is 7.19. The molecule has 0 radical (unpaired) electrons. The van der Waals surface area contributed by atoms with Gasteiger partial charge in [-0.25, -0.2) is 0 Å². The fraction of sp³-hybridized carbons (Fsp3) is 0.333. The number of hydrogen-bond acceptors (Lipinski definition) is 4. The van der Waals surface area contributed by atoms with E-state index < -0.39 is 0 Å². The summed E-state index contributed by atoms with van der Waals surface area (Å²) in [6, 6.07) is 13.9. The lowest BCUT2D eigenvalue weighted by Crippen LogP contribution is -2.37. The Bertz CT molecular complexity index is 1070. The maximum atomic E-state index is 11.6. The third-order valence-corrected chi connectivity index (χ3v) is 5.01. The SMILES string of the molecule is CCNC(=O)COc1ccc(CNC(=NC)NCCc2c[nH]c3ccccc23)cc1OC.I. The maximum Gasteiger partial charge on any atom is 0.257 e. The third kappa shape index (κ3) is 7.55. The summed E-state index contributed by atoms with van der Waals surface area (Å²) < 4.78 is 11.0. The van der Waals surface area contributed by atoms with E-state index in [9.17, 15) is 4.79 Å². The summed E-state index contributed by atoms with van der Waals surface area (Å²) in [5.41, 5.74) is 3.43. The first-order valence-electron chi connectivity index (χ1n) is 10.7. The maximum absolute atomic E-state index is 11.6. The minimum absolute atomic E-state index is 0. The molecule has 3 rings (SSSR count). The van der Waals surface area contributed by atoms with Crippen LogP contribution in [0.3, 0.4) is 0 Å². The number of fused-ring (bicyclic) bond motifs is 1. The number of hydrogen-bond donors (Lipinski definition) is 4. The molecular weight excluding hydrogens is 533 g/mol. The number of nitrogens with one attached hydrogen (secondary N) is 4. The average Bonchev–Trinajstić information content (AvgIpc) is 3.23. The van der Waals surface area contributed by atoms with Crippen molar-refractivity contribution in [1.29, 1.82) is 0 Å². The minimum atomic E-state index is -0.164. The van der Waals surface area contributed by atoms with Gasteiger partial charge in [-0.3, -0.25) is 9.79 Å². The second-order valence-electron chi connectivity index (χ2n) is 7.19. The van der Waals surface area contributed by atoms with Crippen LogP contribution < -0.4 is 25.4 Å². The molecule has 0 saturated heterocycles. The van der Waals surface area contributed by atoms with Crippen molar-refractivity contribution in [3.8, 4) is 11.5 Å². The van der Waals surface area contributed by atoms with Gasteiger partial charge in [0.15, 0.2) is 24.1 Å². The molecule has 0 aliphatic heterocycles. The van der Waals surface area contributed by atoms with E-state index >= 15 is 0 Å². The molecule has 3 aromatic rings. The monoisotopic (exact) mass is 565 g/mol. The summed E-state index contributed by atoms with van der Waals surface area (Å²) >= 11 is 0. The first-order valence-corrected chi connectivity index (χ1v) is 10.7. The highest BCUT2D eigenvalue weighted by Gasteiger charge is 2.09. The molecular formula is C24H32IN5O3. The van der Waals surface area contributed by atoms with Gasteiger partial charge in [0, 0.05) is 43.8 Å². The number of para-hydroxylation sites is 1. The van der Waals surface area contributed by atoms with E-state index in [1.165, 1.54) is 10.9 Å².